The van der Waals surface area contributed by atoms with Crippen LogP contribution in [0.25, 0.3) is 10.8 Å². The number of methoxy groups -OCH3 is 1. The van der Waals surface area contributed by atoms with E-state index < -0.39 is 6.10 Å². The minimum Gasteiger partial charge on any atom is -0.496 e. The fourth-order valence-electron chi connectivity index (χ4n) is 2.61. The molecular formula is C18H17NO2. The van der Waals surface area contributed by atoms with Crippen LogP contribution in [0.2, 0.25) is 0 Å². The number of aryl methyl sites for hydroxylation is 1. The van der Waals surface area contributed by atoms with Crippen LogP contribution >= 0.6 is 0 Å². The molecule has 2 aromatic carbocycles. The van der Waals surface area contributed by atoms with Gasteiger partial charge in [0.15, 0.2) is 0 Å². The summed E-state index contributed by atoms with van der Waals surface area (Å²) in [4.78, 5) is 4.17. The van der Waals surface area contributed by atoms with Crippen molar-refractivity contribution in [3.63, 3.8) is 0 Å². The summed E-state index contributed by atoms with van der Waals surface area (Å²) in [5.74, 6) is 0.689. The van der Waals surface area contributed by atoms with Crippen LogP contribution in [0.5, 0.6) is 5.75 Å². The van der Waals surface area contributed by atoms with Crippen LogP contribution in [0.15, 0.2) is 54.9 Å². The average molecular weight is 279 g/mol. The molecule has 0 radical (unpaired) electrons. The Morgan fingerprint density at radius 3 is 2.76 bits per heavy atom. The van der Waals surface area contributed by atoms with Crippen molar-refractivity contribution in [1.29, 1.82) is 0 Å². The van der Waals surface area contributed by atoms with Crippen LogP contribution in [0.1, 0.15) is 22.8 Å². The van der Waals surface area contributed by atoms with Gasteiger partial charge in [-0.1, -0.05) is 29.8 Å². The molecule has 1 heterocycles. The highest BCUT2D eigenvalue weighted by Gasteiger charge is 2.17. The number of aromatic nitrogens is 1. The maximum absolute atomic E-state index is 10.8. The van der Waals surface area contributed by atoms with Gasteiger partial charge in [0.25, 0.3) is 0 Å². The Hall–Kier alpha value is -2.39. The summed E-state index contributed by atoms with van der Waals surface area (Å²) in [6.45, 7) is 2.00. The molecule has 21 heavy (non-hydrogen) atoms. The average Bonchev–Trinajstić information content (AvgIpc) is 2.53. The van der Waals surface area contributed by atoms with Gasteiger partial charge in [0.05, 0.1) is 7.11 Å². The summed E-state index contributed by atoms with van der Waals surface area (Å²) in [6.07, 6.45) is 2.80. The smallest absolute Gasteiger partial charge is 0.125 e. The number of pyridine rings is 1. The van der Waals surface area contributed by atoms with Crippen LogP contribution in [-0.2, 0) is 0 Å². The first-order chi connectivity index (χ1) is 10.2. The number of hydrogen-bond acceptors (Lipinski definition) is 3. The van der Waals surface area contributed by atoms with Crippen molar-refractivity contribution in [1.82, 2.24) is 4.98 Å². The molecule has 106 valence electrons. The summed E-state index contributed by atoms with van der Waals surface area (Å²) in [5.41, 5.74) is 2.70. The second kappa shape index (κ2) is 5.54. The van der Waals surface area contributed by atoms with E-state index in [4.69, 9.17) is 4.74 Å². The highest BCUT2D eigenvalue weighted by molar-refractivity contribution is 5.85. The van der Waals surface area contributed by atoms with E-state index in [1.165, 1.54) is 0 Å². The highest BCUT2D eigenvalue weighted by atomic mass is 16.5. The largest absolute Gasteiger partial charge is 0.496 e. The summed E-state index contributed by atoms with van der Waals surface area (Å²) in [5, 5.41) is 12.8. The van der Waals surface area contributed by atoms with E-state index in [9.17, 15) is 5.11 Å². The number of ether oxygens (including phenoxy) is 1. The first kappa shape index (κ1) is 13.6. The standard InChI is InChI=1S/C18H17NO2/c1-12-6-7-17(21-2)15(10-12)18(20)14-5-3-4-13-8-9-19-11-16(13)14/h3-11,18,20H,1-2H3. The van der Waals surface area contributed by atoms with Gasteiger partial charge in [-0.2, -0.15) is 0 Å². The second-order valence-corrected chi connectivity index (χ2v) is 5.09. The van der Waals surface area contributed by atoms with E-state index in [-0.39, 0.29) is 0 Å². The number of fused-ring (bicyclic) bond motifs is 1. The van der Waals surface area contributed by atoms with E-state index in [1.54, 1.807) is 19.5 Å². The van der Waals surface area contributed by atoms with Crippen molar-refractivity contribution in [3.8, 4) is 5.75 Å². The minimum absolute atomic E-state index is 0.689. The molecule has 3 rings (SSSR count). The quantitative estimate of drug-likeness (QED) is 0.796. The predicted molar refractivity (Wildman–Crippen MR) is 83.5 cm³/mol. The molecule has 1 N–H and O–H groups in total. The summed E-state index contributed by atoms with van der Waals surface area (Å²) in [6, 6.07) is 13.6. The highest BCUT2D eigenvalue weighted by Crippen LogP contribution is 2.33. The lowest BCUT2D eigenvalue weighted by Crippen LogP contribution is -2.03. The zero-order valence-electron chi connectivity index (χ0n) is 12.1. The molecule has 1 unspecified atom stereocenters. The molecule has 0 aliphatic rings. The first-order valence-corrected chi connectivity index (χ1v) is 6.86. The Bertz CT molecular complexity index is 778. The molecule has 0 spiro atoms. The monoisotopic (exact) mass is 279 g/mol. The number of aliphatic hydroxyl groups is 1. The van der Waals surface area contributed by atoms with Gasteiger partial charge in [-0.05, 0) is 36.1 Å². The normalized spacial score (nSPS) is 12.3. The molecule has 0 amide bonds. The van der Waals surface area contributed by atoms with Crippen molar-refractivity contribution in [2.75, 3.05) is 7.11 Å². The van der Waals surface area contributed by atoms with Gasteiger partial charge in [-0.3, -0.25) is 4.98 Å². The summed E-state index contributed by atoms with van der Waals surface area (Å²) < 4.78 is 5.38. The van der Waals surface area contributed by atoms with Crippen LogP contribution < -0.4 is 4.74 Å². The number of rotatable bonds is 3. The Kier molecular flexibility index (Phi) is 3.59. The van der Waals surface area contributed by atoms with Crippen LogP contribution in [-0.4, -0.2) is 17.2 Å². The molecule has 1 atom stereocenters. The topological polar surface area (TPSA) is 42.4 Å². The molecule has 3 aromatic rings. The second-order valence-electron chi connectivity index (χ2n) is 5.09. The Morgan fingerprint density at radius 2 is 1.95 bits per heavy atom. The van der Waals surface area contributed by atoms with Crippen molar-refractivity contribution in [2.24, 2.45) is 0 Å². The van der Waals surface area contributed by atoms with Gasteiger partial charge in [-0.25, -0.2) is 0 Å². The van der Waals surface area contributed by atoms with Crippen LogP contribution in [0.4, 0.5) is 0 Å². The maximum Gasteiger partial charge on any atom is 0.125 e. The van der Waals surface area contributed by atoms with Crippen LogP contribution in [0.3, 0.4) is 0 Å². The van der Waals surface area contributed by atoms with Crippen molar-refractivity contribution < 1.29 is 9.84 Å². The van der Waals surface area contributed by atoms with Crippen molar-refractivity contribution in [2.45, 2.75) is 13.0 Å². The lowest BCUT2D eigenvalue weighted by molar-refractivity contribution is 0.216. The number of nitrogens with zero attached hydrogens (tertiary/aromatic N) is 1. The van der Waals surface area contributed by atoms with Gasteiger partial charge in [-0.15, -0.1) is 0 Å². The van der Waals surface area contributed by atoms with Crippen molar-refractivity contribution >= 4 is 10.8 Å². The van der Waals surface area contributed by atoms with Crippen LogP contribution in [0, 0.1) is 6.92 Å². The van der Waals surface area contributed by atoms with E-state index >= 15 is 0 Å². The van der Waals surface area contributed by atoms with Gasteiger partial charge < -0.3 is 9.84 Å². The lowest BCUT2D eigenvalue weighted by Gasteiger charge is -2.17. The van der Waals surface area contributed by atoms with Gasteiger partial charge in [0.1, 0.15) is 11.9 Å². The molecule has 1 aromatic heterocycles. The SMILES string of the molecule is COc1ccc(C)cc1C(O)c1cccc2ccncc12. The molecular weight excluding hydrogens is 262 g/mol. The summed E-state index contributed by atoms with van der Waals surface area (Å²) in [7, 11) is 1.62. The Morgan fingerprint density at radius 1 is 1.10 bits per heavy atom. The van der Waals surface area contributed by atoms with E-state index in [2.05, 4.69) is 4.98 Å². The molecule has 3 nitrogen and oxygen atoms in total. The molecule has 0 saturated carbocycles. The fraction of sp³-hybridized carbons (Fsp3) is 0.167. The molecule has 0 saturated heterocycles. The first-order valence-electron chi connectivity index (χ1n) is 6.86. The number of hydrogen-bond donors (Lipinski definition) is 1. The molecule has 0 aliphatic heterocycles. The van der Waals surface area contributed by atoms with E-state index in [0.29, 0.717) is 5.75 Å². The number of aliphatic hydroxyl groups excluding tert-OH is 1. The van der Waals surface area contributed by atoms with E-state index in [1.807, 2.05) is 49.4 Å². The van der Waals surface area contributed by atoms with Gasteiger partial charge in [0, 0.05) is 23.3 Å². The third kappa shape index (κ3) is 2.48. The zero-order chi connectivity index (χ0) is 14.8. The Balaban J connectivity index is 2.17. The summed E-state index contributed by atoms with van der Waals surface area (Å²) >= 11 is 0. The molecule has 0 fully saturated rings. The molecule has 0 aliphatic carbocycles. The fourth-order valence-corrected chi connectivity index (χ4v) is 2.61. The molecule has 3 heteroatoms. The number of benzene rings is 2. The van der Waals surface area contributed by atoms with E-state index in [0.717, 1.165) is 27.5 Å². The Labute approximate surface area is 123 Å². The third-order valence-corrected chi connectivity index (χ3v) is 3.69. The third-order valence-electron chi connectivity index (χ3n) is 3.69. The zero-order valence-corrected chi connectivity index (χ0v) is 12.1. The maximum atomic E-state index is 10.8. The molecule has 0 bridgehead atoms. The lowest BCUT2D eigenvalue weighted by atomic mass is 9.95. The van der Waals surface area contributed by atoms with Crippen molar-refractivity contribution in [3.05, 3.63) is 71.5 Å². The minimum atomic E-state index is -0.743. The predicted octanol–water partition coefficient (Wildman–Crippen LogP) is 3.63. The van der Waals surface area contributed by atoms with Gasteiger partial charge >= 0.3 is 0 Å². The van der Waals surface area contributed by atoms with Gasteiger partial charge in [0.2, 0.25) is 0 Å².